The summed E-state index contributed by atoms with van der Waals surface area (Å²) < 4.78 is 32.7. The number of carbonyl (C=O) groups excluding carboxylic acids is 1. The quantitative estimate of drug-likeness (QED) is 0.469. The Morgan fingerprint density at radius 3 is 2.28 bits per heavy atom. The standard InChI is InChI=1S/C10H8N2O4S.Na/c13-10-9(17(14,15)16)8(11-12-10)6-7-4-2-1-3-5-7;/h1-5H,6H2,(H,14,15,16);/q;+1/p-1. The molecular weight excluding hydrogens is 267 g/mol. The molecule has 18 heavy (non-hydrogen) atoms. The number of hydrogen-bond donors (Lipinski definition) is 0. The molecule has 0 N–H and O–H groups in total. The van der Waals surface area contributed by atoms with E-state index < -0.39 is 20.9 Å². The van der Waals surface area contributed by atoms with Gasteiger partial charge in [0.05, 0.1) is 5.70 Å². The van der Waals surface area contributed by atoms with Crippen LogP contribution >= 0.6 is 0 Å². The fourth-order valence-electron chi connectivity index (χ4n) is 1.48. The molecule has 1 aliphatic heterocycles. The molecule has 0 radical (unpaired) electrons. The zero-order valence-electron chi connectivity index (χ0n) is 9.53. The van der Waals surface area contributed by atoms with E-state index in [0.717, 1.165) is 5.56 Å². The van der Waals surface area contributed by atoms with Crippen molar-refractivity contribution >= 4 is 16.0 Å². The van der Waals surface area contributed by atoms with Crippen LogP contribution in [0.3, 0.4) is 0 Å². The Bertz CT molecular complexity index is 623. The molecule has 6 nitrogen and oxygen atoms in total. The molecule has 1 aromatic rings. The van der Waals surface area contributed by atoms with Crippen LogP contribution in [0.1, 0.15) is 5.56 Å². The van der Waals surface area contributed by atoms with Gasteiger partial charge in [0.15, 0.2) is 0 Å². The Kier molecular flexibility index (Phi) is 4.94. The van der Waals surface area contributed by atoms with Crippen LogP contribution < -0.4 is 29.6 Å². The maximum Gasteiger partial charge on any atom is 1.00 e. The summed E-state index contributed by atoms with van der Waals surface area (Å²) in [7, 11) is -4.83. The van der Waals surface area contributed by atoms with Crippen LogP contribution in [0.4, 0.5) is 0 Å². The summed E-state index contributed by atoms with van der Waals surface area (Å²) in [6.07, 6.45) is 0.0902. The summed E-state index contributed by atoms with van der Waals surface area (Å²) in [5, 5.41) is 6.53. The second-order valence-corrected chi connectivity index (χ2v) is 4.71. The number of hydrogen-bond acceptors (Lipinski definition) is 5. The molecule has 0 aromatic heterocycles. The van der Waals surface area contributed by atoms with Gasteiger partial charge in [0, 0.05) is 6.42 Å². The number of carbonyl (C=O) groups is 1. The van der Waals surface area contributed by atoms with Gasteiger partial charge in [0.2, 0.25) is 0 Å². The topological polar surface area (TPSA) is 99.0 Å². The van der Waals surface area contributed by atoms with E-state index in [0.29, 0.717) is 0 Å². The van der Waals surface area contributed by atoms with Gasteiger partial charge in [-0.3, -0.25) is 4.79 Å². The van der Waals surface area contributed by atoms with Gasteiger partial charge in [-0.2, -0.15) is 0 Å². The largest absolute Gasteiger partial charge is 1.00 e. The molecule has 0 spiro atoms. The van der Waals surface area contributed by atoms with E-state index in [1.807, 2.05) is 0 Å². The van der Waals surface area contributed by atoms with E-state index >= 15 is 0 Å². The third-order valence-corrected chi connectivity index (χ3v) is 3.09. The molecule has 88 valence electrons. The van der Waals surface area contributed by atoms with Crippen LogP contribution in [-0.4, -0.2) is 18.9 Å². The number of nitrogens with zero attached hydrogens (tertiary/aromatic N) is 2. The first-order chi connectivity index (χ1) is 7.98. The van der Waals surface area contributed by atoms with Gasteiger partial charge >= 0.3 is 35.5 Å². The predicted octanol–water partition coefficient (Wildman–Crippen LogP) is -2.02. The summed E-state index contributed by atoms with van der Waals surface area (Å²) in [4.78, 5) is 10.3. The molecule has 0 fully saturated rings. The van der Waals surface area contributed by atoms with Gasteiger partial charge in [-0.25, -0.2) is 8.42 Å². The average Bonchev–Trinajstić information content (AvgIpc) is 2.60. The summed E-state index contributed by atoms with van der Waals surface area (Å²) in [5.74, 6) is -1.09. The molecule has 0 aliphatic carbocycles. The molecule has 1 aliphatic rings. The Morgan fingerprint density at radius 2 is 1.72 bits per heavy atom. The van der Waals surface area contributed by atoms with E-state index in [4.69, 9.17) is 0 Å². The monoisotopic (exact) mass is 274 g/mol. The predicted molar refractivity (Wildman–Crippen MR) is 56.7 cm³/mol. The number of rotatable bonds is 3. The van der Waals surface area contributed by atoms with Gasteiger partial charge in [0.25, 0.3) is 0 Å². The van der Waals surface area contributed by atoms with E-state index in [1.165, 1.54) is 0 Å². The Balaban J connectivity index is 0.00000162. The zero-order chi connectivity index (χ0) is 12.5. The molecule has 2 rings (SSSR count). The van der Waals surface area contributed by atoms with E-state index in [2.05, 4.69) is 10.2 Å². The van der Waals surface area contributed by atoms with Crippen molar-refractivity contribution in [2.24, 2.45) is 10.2 Å². The van der Waals surface area contributed by atoms with Crippen molar-refractivity contribution in [2.75, 3.05) is 0 Å². The van der Waals surface area contributed by atoms with Crippen LogP contribution in [-0.2, 0) is 21.3 Å². The molecule has 1 heterocycles. The summed E-state index contributed by atoms with van der Waals surface area (Å²) in [6.45, 7) is 0. The van der Waals surface area contributed by atoms with Crippen LogP contribution in [0.15, 0.2) is 51.2 Å². The van der Waals surface area contributed by atoms with E-state index in [1.54, 1.807) is 30.3 Å². The first-order valence-corrected chi connectivity index (χ1v) is 6.08. The van der Waals surface area contributed by atoms with Crippen molar-refractivity contribution in [1.29, 1.82) is 0 Å². The molecule has 0 saturated heterocycles. The maximum atomic E-state index is 11.1. The van der Waals surface area contributed by atoms with Crippen molar-refractivity contribution < 1.29 is 47.3 Å². The van der Waals surface area contributed by atoms with Gasteiger partial charge < -0.3 is 4.55 Å². The fraction of sp³-hybridized carbons (Fsp3) is 0.100. The SMILES string of the molecule is O=C1N=NC(Cc2ccccc2)=C1S(=O)(=O)[O-].[Na+]. The minimum Gasteiger partial charge on any atom is -0.744 e. The number of amides is 1. The summed E-state index contributed by atoms with van der Waals surface area (Å²) in [5.41, 5.74) is 0.647. The van der Waals surface area contributed by atoms with Gasteiger partial charge in [-0.1, -0.05) is 30.3 Å². The van der Waals surface area contributed by atoms with Gasteiger partial charge in [-0.05, 0) is 5.56 Å². The van der Waals surface area contributed by atoms with Crippen molar-refractivity contribution in [2.45, 2.75) is 6.42 Å². The van der Waals surface area contributed by atoms with Crippen LogP contribution in [0.2, 0.25) is 0 Å². The van der Waals surface area contributed by atoms with Crippen molar-refractivity contribution in [3.8, 4) is 0 Å². The Hall–Kier alpha value is -0.860. The molecule has 0 atom stereocenters. The number of allylic oxidation sites excluding steroid dienone is 1. The molecule has 0 unspecified atom stereocenters. The first-order valence-electron chi connectivity index (χ1n) is 4.67. The Morgan fingerprint density at radius 1 is 1.11 bits per heavy atom. The van der Waals surface area contributed by atoms with Crippen LogP contribution in [0.25, 0.3) is 0 Å². The van der Waals surface area contributed by atoms with Gasteiger partial charge in [0.1, 0.15) is 15.0 Å². The minimum absolute atomic E-state index is 0. The second-order valence-electron chi connectivity index (χ2n) is 3.40. The number of benzene rings is 1. The molecular formula is C10H7N2NaO4S. The molecule has 0 saturated carbocycles. The molecule has 1 aromatic carbocycles. The minimum atomic E-state index is -4.83. The summed E-state index contributed by atoms with van der Waals surface area (Å²) in [6, 6.07) is 8.79. The summed E-state index contributed by atoms with van der Waals surface area (Å²) >= 11 is 0. The van der Waals surface area contributed by atoms with Crippen LogP contribution in [0, 0.1) is 0 Å². The molecule has 8 heteroatoms. The maximum absolute atomic E-state index is 11.1. The second kappa shape index (κ2) is 5.85. The van der Waals surface area contributed by atoms with Crippen LogP contribution in [0.5, 0.6) is 0 Å². The zero-order valence-corrected chi connectivity index (χ0v) is 12.3. The smallest absolute Gasteiger partial charge is 0.744 e. The van der Waals surface area contributed by atoms with Gasteiger partial charge in [-0.15, -0.1) is 10.2 Å². The average molecular weight is 274 g/mol. The van der Waals surface area contributed by atoms with E-state index in [9.17, 15) is 17.8 Å². The van der Waals surface area contributed by atoms with Crippen molar-refractivity contribution in [1.82, 2.24) is 0 Å². The first kappa shape index (κ1) is 15.2. The fourth-order valence-corrected chi connectivity index (χ4v) is 2.13. The molecule has 1 amide bonds. The normalized spacial score (nSPS) is 14.8. The molecule has 0 bridgehead atoms. The Labute approximate surface area is 126 Å². The van der Waals surface area contributed by atoms with E-state index in [-0.39, 0.29) is 41.7 Å². The number of azo groups is 1. The third-order valence-electron chi connectivity index (χ3n) is 2.18. The van der Waals surface area contributed by atoms with Crippen molar-refractivity contribution in [3.05, 3.63) is 46.5 Å². The van der Waals surface area contributed by atoms with Crippen molar-refractivity contribution in [3.63, 3.8) is 0 Å². The third kappa shape index (κ3) is 3.33.